The van der Waals surface area contributed by atoms with Crippen molar-refractivity contribution in [2.45, 2.75) is 26.6 Å². The third-order valence-corrected chi connectivity index (χ3v) is 4.28. The monoisotopic (exact) mass is 362 g/mol. The van der Waals surface area contributed by atoms with Crippen molar-refractivity contribution in [3.05, 3.63) is 84.4 Å². The molecule has 0 aliphatic rings. The minimum Gasteiger partial charge on any atom is -0.491 e. The van der Waals surface area contributed by atoms with E-state index in [1.165, 1.54) is 11.1 Å². The molecule has 27 heavy (non-hydrogen) atoms. The van der Waals surface area contributed by atoms with Crippen molar-refractivity contribution in [2.75, 3.05) is 13.2 Å². The summed E-state index contributed by atoms with van der Waals surface area (Å²) in [5.41, 5.74) is 3.61. The lowest BCUT2D eigenvalue weighted by Gasteiger charge is -2.16. The summed E-state index contributed by atoms with van der Waals surface area (Å²) >= 11 is 0. The Labute approximate surface area is 161 Å². The SMILES string of the molecule is CCc1ccc(OC(C)OCCOc2cccc(-c3ccccc3)c2)cc1. The molecule has 3 aromatic rings. The van der Waals surface area contributed by atoms with E-state index >= 15 is 0 Å². The molecule has 1 atom stereocenters. The maximum Gasteiger partial charge on any atom is 0.197 e. The minimum absolute atomic E-state index is 0.322. The Kier molecular flexibility index (Phi) is 6.89. The summed E-state index contributed by atoms with van der Waals surface area (Å²) in [5.74, 6) is 1.65. The quantitative estimate of drug-likeness (QED) is 0.359. The van der Waals surface area contributed by atoms with Gasteiger partial charge in [0, 0.05) is 0 Å². The van der Waals surface area contributed by atoms with Crippen LogP contribution in [0.5, 0.6) is 11.5 Å². The summed E-state index contributed by atoms with van der Waals surface area (Å²) in [6.07, 6.45) is 0.700. The van der Waals surface area contributed by atoms with Crippen LogP contribution in [-0.4, -0.2) is 19.5 Å². The largest absolute Gasteiger partial charge is 0.491 e. The fourth-order valence-electron chi connectivity index (χ4n) is 2.80. The van der Waals surface area contributed by atoms with Crippen molar-refractivity contribution >= 4 is 0 Å². The van der Waals surface area contributed by atoms with Crippen LogP contribution in [0.3, 0.4) is 0 Å². The molecule has 0 radical (unpaired) electrons. The van der Waals surface area contributed by atoms with Gasteiger partial charge in [-0.15, -0.1) is 0 Å². The van der Waals surface area contributed by atoms with Crippen LogP contribution in [0.4, 0.5) is 0 Å². The van der Waals surface area contributed by atoms with Gasteiger partial charge in [0.05, 0.1) is 6.61 Å². The fraction of sp³-hybridized carbons (Fsp3) is 0.250. The van der Waals surface area contributed by atoms with Crippen LogP contribution in [0.25, 0.3) is 11.1 Å². The second-order valence-corrected chi connectivity index (χ2v) is 6.30. The lowest BCUT2D eigenvalue weighted by Crippen LogP contribution is -2.19. The standard InChI is InChI=1S/C24H26O3/c1-3-20-12-14-23(15-13-20)27-19(2)25-16-17-26-24-11-7-10-22(18-24)21-8-5-4-6-9-21/h4-15,18-19H,3,16-17H2,1-2H3. The Morgan fingerprint density at radius 2 is 1.48 bits per heavy atom. The number of aryl methyl sites for hydroxylation is 1. The van der Waals surface area contributed by atoms with Gasteiger partial charge >= 0.3 is 0 Å². The second-order valence-electron chi connectivity index (χ2n) is 6.30. The van der Waals surface area contributed by atoms with Gasteiger partial charge in [0.25, 0.3) is 0 Å². The smallest absolute Gasteiger partial charge is 0.197 e. The topological polar surface area (TPSA) is 27.7 Å². The van der Waals surface area contributed by atoms with E-state index in [2.05, 4.69) is 37.3 Å². The number of rotatable bonds is 9. The van der Waals surface area contributed by atoms with Crippen LogP contribution in [0, 0.1) is 0 Å². The predicted molar refractivity (Wildman–Crippen MR) is 109 cm³/mol. The van der Waals surface area contributed by atoms with Crippen molar-refractivity contribution in [1.82, 2.24) is 0 Å². The zero-order valence-corrected chi connectivity index (χ0v) is 15.9. The Bertz CT molecular complexity index is 813. The first-order valence-electron chi connectivity index (χ1n) is 9.40. The Hall–Kier alpha value is -2.78. The molecule has 0 saturated carbocycles. The van der Waals surface area contributed by atoms with E-state index in [0.29, 0.717) is 13.2 Å². The fourth-order valence-corrected chi connectivity index (χ4v) is 2.80. The van der Waals surface area contributed by atoms with Gasteiger partial charge in [-0.25, -0.2) is 0 Å². The third-order valence-electron chi connectivity index (χ3n) is 4.28. The Morgan fingerprint density at radius 1 is 0.741 bits per heavy atom. The maximum atomic E-state index is 5.82. The zero-order valence-electron chi connectivity index (χ0n) is 15.9. The van der Waals surface area contributed by atoms with Crippen LogP contribution < -0.4 is 9.47 Å². The molecule has 0 bridgehead atoms. The van der Waals surface area contributed by atoms with Crippen molar-refractivity contribution in [2.24, 2.45) is 0 Å². The summed E-state index contributed by atoms with van der Waals surface area (Å²) in [4.78, 5) is 0. The summed E-state index contributed by atoms with van der Waals surface area (Å²) < 4.78 is 17.3. The molecule has 0 saturated heterocycles. The maximum absolute atomic E-state index is 5.82. The molecule has 0 N–H and O–H groups in total. The molecule has 1 unspecified atom stereocenters. The molecule has 0 aromatic heterocycles. The molecule has 0 spiro atoms. The highest BCUT2D eigenvalue weighted by atomic mass is 16.7. The highest BCUT2D eigenvalue weighted by molar-refractivity contribution is 5.64. The van der Waals surface area contributed by atoms with E-state index in [4.69, 9.17) is 14.2 Å². The van der Waals surface area contributed by atoms with E-state index < -0.39 is 0 Å². The zero-order chi connectivity index (χ0) is 18.9. The van der Waals surface area contributed by atoms with E-state index in [0.717, 1.165) is 23.5 Å². The average molecular weight is 362 g/mol. The molecule has 0 aliphatic heterocycles. The van der Waals surface area contributed by atoms with Crippen LogP contribution >= 0.6 is 0 Å². The van der Waals surface area contributed by atoms with Gasteiger partial charge in [-0.05, 0) is 54.3 Å². The summed E-state index contributed by atoms with van der Waals surface area (Å²) in [6, 6.07) is 26.5. The molecule has 0 amide bonds. The molecular weight excluding hydrogens is 336 g/mol. The van der Waals surface area contributed by atoms with Crippen LogP contribution in [0.1, 0.15) is 19.4 Å². The second kappa shape index (κ2) is 9.79. The molecule has 0 heterocycles. The first kappa shape index (κ1) is 19.0. The third kappa shape index (κ3) is 5.87. The first-order valence-corrected chi connectivity index (χ1v) is 9.40. The van der Waals surface area contributed by atoms with Crippen LogP contribution in [-0.2, 0) is 11.2 Å². The summed E-state index contributed by atoms with van der Waals surface area (Å²) in [7, 11) is 0. The molecular formula is C24H26O3. The van der Waals surface area contributed by atoms with Gasteiger partial charge in [-0.2, -0.15) is 0 Å². The van der Waals surface area contributed by atoms with Gasteiger partial charge in [0.15, 0.2) is 6.29 Å². The first-order chi connectivity index (χ1) is 13.2. The molecule has 3 nitrogen and oxygen atoms in total. The van der Waals surface area contributed by atoms with Gasteiger partial charge in [-0.1, -0.05) is 61.5 Å². The Balaban J connectivity index is 1.43. The predicted octanol–water partition coefficient (Wildman–Crippen LogP) is 5.74. The number of benzene rings is 3. The lowest BCUT2D eigenvalue weighted by atomic mass is 10.1. The van der Waals surface area contributed by atoms with Crippen molar-refractivity contribution in [1.29, 1.82) is 0 Å². The molecule has 140 valence electrons. The summed E-state index contributed by atoms with van der Waals surface area (Å²) in [5, 5.41) is 0. The highest BCUT2D eigenvalue weighted by Gasteiger charge is 2.05. The van der Waals surface area contributed by atoms with E-state index in [1.807, 2.05) is 55.5 Å². The van der Waals surface area contributed by atoms with Crippen molar-refractivity contribution in [3.8, 4) is 22.6 Å². The van der Waals surface area contributed by atoms with Crippen molar-refractivity contribution in [3.63, 3.8) is 0 Å². The highest BCUT2D eigenvalue weighted by Crippen LogP contribution is 2.23. The van der Waals surface area contributed by atoms with Crippen LogP contribution in [0.2, 0.25) is 0 Å². The molecule has 3 aromatic carbocycles. The van der Waals surface area contributed by atoms with Crippen LogP contribution in [0.15, 0.2) is 78.9 Å². The lowest BCUT2D eigenvalue weighted by molar-refractivity contribution is -0.0739. The Morgan fingerprint density at radius 3 is 2.22 bits per heavy atom. The molecule has 0 aliphatic carbocycles. The molecule has 3 rings (SSSR count). The van der Waals surface area contributed by atoms with Gasteiger partial charge in [0.1, 0.15) is 18.1 Å². The van der Waals surface area contributed by atoms with E-state index in [9.17, 15) is 0 Å². The molecule has 3 heteroatoms. The van der Waals surface area contributed by atoms with E-state index in [1.54, 1.807) is 0 Å². The number of ether oxygens (including phenoxy) is 3. The minimum atomic E-state index is -0.322. The van der Waals surface area contributed by atoms with Crippen molar-refractivity contribution < 1.29 is 14.2 Å². The number of hydrogen-bond donors (Lipinski definition) is 0. The van der Waals surface area contributed by atoms with Gasteiger partial charge in [-0.3, -0.25) is 0 Å². The van der Waals surface area contributed by atoms with Gasteiger partial charge in [0.2, 0.25) is 0 Å². The average Bonchev–Trinajstić information content (AvgIpc) is 2.73. The van der Waals surface area contributed by atoms with E-state index in [-0.39, 0.29) is 6.29 Å². The van der Waals surface area contributed by atoms with Gasteiger partial charge < -0.3 is 14.2 Å². The number of hydrogen-bond acceptors (Lipinski definition) is 3. The molecule has 0 fully saturated rings. The normalized spacial score (nSPS) is 11.8. The summed E-state index contributed by atoms with van der Waals surface area (Å²) in [6.45, 7) is 4.96.